The van der Waals surface area contributed by atoms with Gasteiger partial charge in [0.2, 0.25) is 0 Å². The molecule has 0 aromatic rings. The second kappa shape index (κ2) is 5.14. The maximum atomic E-state index is 8.46. The van der Waals surface area contributed by atoms with Crippen molar-refractivity contribution in [2.24, 2.45) is 5.92 Å². The SMILES string of the molecule is OCCC1C=CC=C1.[Zr]. The molecule has 1 nitrogen and oxygen atoms in total. The van der Waals surface area contributed by atoms with Gasteiger partial charge in [0.15, 0.2) is 0 Å². The van der Waals surface area contributed by atoms with Crippen molar-refractivity contribution in [3.8, 4) is 0 Å². The van der Waals surface area contributed by atoms with Crippen LogP contribution in [-0.2, 0) is 26.2 Å². The van der Waals surface area contributed by atoms with E-state index < -0.39 is 0 Å². The predicted molar refractivity (Wildman–Crippen MR) is 33.5 cm³/mol. The van der Waals surface area contributed by atoms with E-state index in [1.165, 1.54) is 0 Å². The van der Waals surface area contributed by atoms with E-state index in [-0.39, 0.29) is 26.2 Å². The first-order valence-corrected chi connectivity index (χ1v) is 2.89. The summed E-state index contributed by atoms with van der Waals surface area (Å²) in [6.07, 6.45) is 9.08. The molecule has 0 fully saturated rings. The molecular formula is C7H10OZr. The Labute approximate surface area is 74.6 Å². The van der Waals surface area contributed by atoms with Gasteiger partial charge in [0.05, 0.1) is 0 Å². The van der Waals surface area contributed by atoms with Crippen LogP contribution in [0.5, 0.6) is 0 Å². The van der Waals surface area contributed by atoms with Gasteiger partial charge in [0.1, 0.15) is 0 Å². The molecule has 0 atom stereocenters. The Hall–Kier alpha value is 0.323. The van der Waals surface area contributed by atoms with Gasteiger partial charge >= 0.3 is 0 Å². The van der Waals surface area contributed by atoms with Crippen molar-refractivity contribution in [3.05, 3.63) is 24.3 Å². The van der Waals surface area contributed by atoms with Crippen LogP contribution in [0, 0.1) is 5.92 Å². The number of hydrogen-bond acceptors (Lipinski definition) is 1. The molecule has 1 rings (SSSR count). The molecule has 9 heavy (non-hydrogen) atoms. The van der Waals surface area contributed by atoms with E-state index in [1.807, 2.05) is 12.2 Å². The maximum Gasteiger partial charge on any atom is 0.0439 e. The van der Waals surface area contributed by atoms with E-state index in [2.05, 4.69) is 12.2 Å². The second-order valence-corrected chi connectivity index (χ2v) is 1.95. The van der Waals surface area contributed by atoms with Gasteiger partial charge in [0, 0.05) is 32.8 Å². The van der Waals surface area contributed by atoms with Crippen LogP contribution in [0.3, 0.4) is 0 Å². The van der Waals surface area contributed by atoms with Crippen molar-refractivity contribution in [3.63, 3.8) is 0 Å². The normalized spacial score (nSPS) is 16.1. The van der Waals surface area contributed by atoms with E-state index in [9.17, 15) is 0 Å². The first-order valence-electron chi connectivity index (χ1n) is 2.89. The van der Waals surface area contributed by atoms with Crippen molar-refractivity contribution in [2.45, 2.75) is 6.42 Å². The average Bonchev–Trinajstić information content (AvgIpc) is 2.19. The summed E-state index contributed by atoms with van der Waals surface area (Å²) in [6, 6.07) is 0. The minimum absolute atomic E-state index is 0. The van der Waals surface area contributed by atoms with Crippen LogP contribution >= 0.6 is 0 Å². The zero-order valence-corrected chi connectivity index (χ0v) is 7.71. The number of hydrogen-bond donors (Lipinski definition) is 1. The van der Waals surface area contributed by atoms with Gasteiger partial charge in [-0.3, -0.25) is 0 Å². The Kier molecular flexibility index (Phi) is 5.32. The molecule has 0 aliphatic heterocycles. The van der Waals surface area contributed by atoms with Crippen LogP contribution in [0.15, 0.2) is 24.3 Å². The van der Waals surface area contributed by atoms with Crippen LogP contribution in [0.25, 0.3) is 0 Å². The fraction of sp³-hybridized carbons (Fsp3) is 0.429. The molecule has 0 saturated heterocycles. The number of rotatable bonds is 2. The topological polar surface area (TPSA) is 20.2 Å². The standard InChI is InChI=1S/C7H10O.Zr/c8-6-5-7-3-1-2-4-7;/h1-4,7-8H,5-6H2;. The van der Waals surface area contributed by atoms with Crippen molar-refractivity contribution >= 4 is 0 Å². The van der Waals surface area contributed by atoms with Gasteiger partial charge in [0.25, 0.3) is 0 Å². The first-order chi connectivity index (χ1) is 3.93. The molecule has 0 aromatic heterocycles. The number of aliphatic hydroxyl groups excluding tert-OH is 1. The van der Waals surface area contributed by atoms with Gasteiger partial charge in [-0.25, -0.2) is 0 Å². The molecule has 0 heterocycles. The van der Waals surface area contributed by atoms with Crippen molar-refractivity contribution in [2.75, 3.05) is 6.61 Å². The Morgan fingerprint density at radius 3 is 2.22 bits per heavy atom. The van der Waals surface area contributed by atoms with Gasteiger partial charge in [-0.1, -0.05) is 24.3 Å². The molecule has 2 heteroatoms. The third kappa shape index (κ3) is 3.12. The molecule has 0 radical (unpaired) electrons. The van der Waals surface area contributed by atoms with Crippen LogP contribution < -0.4 is 0 Å². The molecule has 0 saturated carbocycles. The molecule has 1 aliphatic carbocycles. The van der Waals surface area contributed by atoms with Gasteiger partial charge in [-0.05, 0) is 12.3 Å². The molecule has 0 aromatic carbocycles. The van der Waals surface area contributed by atoms with E-state index in [1.54, 1.807) is 0 Å². The molecule has 0 unspecified atom stereocenters. The minimum atomic E-state index is 0. The van der Waals surface area contributed by atoms with Gasteiger partial charge < -0.3 is 5.11 Å². The van der Waals surface area contributed by atoms with Gasteiger partial charge in [-0.2, -0.15) is 0 Å². The summed E-state index contributed by atoms with van der Waals surface area (Å²) < 4.78 is 0. The summed E-state index contributed by atoms with van der Waals surface area (Å²) in [5, 5.41) is 8.46. The molecule has 0 amide bonds. The fourth-order valence-electron chi connectivity index (χ4n) is 0.819. The van der Waals surface area contributed by atoms with Crippen LogP contribution in [0.4, 0.5) is 0 Å². The molecule has 0 bridgehead atoms. The Morgan fingerprint density at radius 1 is 1.22 bits per heavy atom. The zero-order chi connectivity index (χ0) is 5.82. The number of aliphatic hydroxyl groups is 1. The predicted octanol–water partition coefficient (Wildman–Crippen LogP) is 1.11. The summed E-state index contributed by atoms with van der Waals surface area (Å²) in [5.41, 5.74) is 0. The molecule has 1 N–H and O–H groups in total. The summed E-state index contributed by atoms with van der Waals surface area (Å²) in [4.78, 5) is 0. The van der Waals surface area contributed by atoms with Crippen molar-refractivity contribution in [1.82, 2.24) is 0 Å². The van der Waals surface area contributed by atoms with Crippen molar-refractivity contribution < 1.29 is 31.3 Å². The van der Waals surface area contributed by atoms with E-state index in [4.69, 9.17) is 5.11 Å². The van der Waals surface area contributed by atoms with E-state index in [0.717, 1.165) is 6.42 Å². The average molecular weight is 201 g/mol. The van der Waals surface area contributed by atoms with Crippen LogP contribution in [0.2, 0.25) is 0 Å². The summed E-state index contributed by atoms with van der Waals surface area (Å²) >= 11 is 0. The van der Waals surface area contributed by atoms with E-state index >= 15 is 0 Å². The monoisotopic (exact) mass is 200 g/mol. The molecule has 48 valence electrons. The van der Waals surface area contributed by atoms with E-state index in [0.29, 0.717) is 12.5 Å². The third-order valence-electron chi connectivity index (χ3n) is 1.29. The Balaban J connectivity index is 0.000000640. The summed E-state index contributed by atoms with van der Waals surface area (Å²) in [7, 11) is 0. The zero-order valence-electron chi connectivity index (χ0n) is 5.25. The Bertz CT molecular complexity index is 106. The Morgan fingerprint density at radius 2 is 1.78 bits per heavy atom. The second-order valence-electron chi connectivity index (χ2n) is 1.95. The smallest absolute Gasteiger partial charge is 0.0439 e. The van der Waals surface area contributed by atoms with Crippen molar-refractivity contribution in [1.29, 1.82) is 0 Å². The first kappa shape index (κ1) is 9.32. The number of allylic oxidation sites excluding steroid dienone is 4. The largest absolute Gasteiger partial charge is 0.396 e. The molecular weight excluding hydrogens is 191 g/mol. The minimum Gasteiger partial charge on any atom is -0.396 e. The molecule has 0 spiro atoms. The third-order valence-corrected chi connectivity index (χ3v) is 1.29. The summed E-state index contributed by atoms with van der Waals surface area (Å²) in [5.74, 6) is 0.500. The quantitative estimate of drug-likeness (QED) is 0.709. The van der Waals surface area contributed by atoms with Crippen LogP contribution in [-0.4, -0.2) is 11.7 Å². The van der Waals surface area contributed by atoms with Gasteiger partial charge in [-0.15, -0.1) is 0 Å². The van der Waals surface area contributed by atoms with Crippen LogP contribution in [0.1, 0.15) is 6.42 Å². The maximum absolute atomic E-state index is 8.46. The molecule has 1 aliphatic rings. The fourth-order valence-corrected chi connectivity index (χ4v) is 0.819. The summed E-state index contributed by atoms with van der Waals surface area (Å²) in [6.45, 7) is 0.291.